The van der Waals surface area contributed by atoms with Crippen LogP contribution in [-0.2, 0) is 9.59 Å². The third kappa shape index (κ3) is 2.92. The van der Waals surface area contributed by atoms with Gasteiger partial charge in [-0.25, -0.2) is 0 Å². The SMILES string of the molecule is CN1C(=O)COc2ccc(C(=O)N3CCC(CCF)(C(=O)O)C3)cc21. The number of ether oxygens (including phenoxy) is 1. The largest absolute Gasteiger partial charge is 0.482 e. The van der Waals surface area contributed by atoms with E-state index >= 15 is 0 Å². The number of nitrogens with zero attached hydrogens (tertiary/aromatic N) is 2. The second-order valence-corrected chi connectivity index (χ2v) is 6.43. The highest BCUT2D eigenvalue weighted by Crippen LogP contribution is 2.37. The molecule has 1 saturated heterocycles. The van der Waals surface area contributed by atoms with Gasteiger partial charge in [0.25, 0.3) is 11.8 Å². The molecule has 8 heteroatoms. The minimum atomic E-state index is -1.23. The van der Waals surface area contributed by atoms with Gasteiger partial charge in [0.2, 0.25) is 0 Å². The van der Waals surface area contributed by atoms with Gasteiger partial charge in [-0.3, -0.25) is 18.8 Å². The van der Waals surface area contributed by atoms with Crippen LogP contribution in [0, 0.1) is 5.41 Å². The number of carbonyl (C=O) groups excluding carboxylic acids is 2. The molecule has 7 nitrogen and oxygen atoms in total. The summed E-state index contributed by atoms with van der Waals surface area (Å²) in [7, 11) is 1.60. The molecule has 2 heterocycles. The summed E-state index contributed by atoms with van der Waals surface area (Å²) in [5, 5.41) is 9.42. The fourth-order valence-electron chi connectivity index (χ4n) is 3.30. The smallest absolute Gasteiger partial charge is 0.311 e. The molecule has 0 saturated carbocycles. The first-order chi connectivity index (χ1) is 11.9. The van der Waals surface area contributed by atoms with Crippen LogP contribution in [-0.4, -0.2) is 61.2 Å². The lowest BCUT2D eigenvalue weighted by Gasteiger charge is -2.27. The fourth-order valence-corrected chi connectivity index (χ4v) is 3.30. The number of amides is 2. The molecule has 25 heavy (non-hydrogen) atoms. The number of carboxylic acid groups (broad SMARTS) is 1. The summed E-state index contributed by atoms with van der Waals surface area (Å²) in [6.07, 6.45) is 0.117. The Bertz CT molecular complexity index is 738. The van der Waals surface area contributed by atoms with Gasteiger partial charge in [-0.2, -0.15) is 0 Å². The van der Waals surface area contributed by atoms with Crippen LogP contribution < -0.4 is 9.64 Å². The van der Waals surface area contributed by atoms with Crippen LogP contribution in [0.25, 0.3) is 0 Å². The number of likely N-dealkylation sites (tertiary alicyclic amines) is 1. The molecule has 0 spiro atoms. The van der Waals surface area contributed by atoms with Crippen LogP contribution in [0.4, 0.5) is 10.1 Å². The van der Waals surface area contributed by atoms with E-state index in [-0.39, 0.29) is 44.4 Å². The van der Waals surface area contributed by atoms with E-state index in [4.69, 9.17) is 4.74 Å². The van der Waals surface area contributed by atoms with Gasteiger partial charge < -0.3 is 19.6 Å². The second-order valence-electron chi connectivity index (χ2n) is 6.43. The van der Waals surface area contributed by atoms with E-state index in [9.17, 15) is 23.9 Å². The second kappa shape index (κ2) is 6.34. The Morgan fingerprint density at radius 3 is 2.84 bits per heavy atom. The summed E-state index contributed by atoms with van der Waals surface area (Å²) in [4.78, 5) is 38.8. The quantitative estimate of drug-likeness (QED) is 0.885. The van der Waals surface area contributed by atoms with Crippen molar-refractivity contribution in [1.29, 1.82) is 0 Å². The Hall–Kier alpha value is -2.64. The molecule has 0 aliphatic carbocycles. The van der Waals surface area contributed by atoms with Crippen molar-refractivity contribution in [1.82, 2.24) is 4.90 Å². The number of halogens is 1. The highest BCUT2D eigenvalue weighted by Gasteiger charge is 2.46. The minimum absolute atomic E-state index is 0.0204. The highest BCUT2D eigenvalue weighted by atomic mass is 19.1. The molecule has 1 atom stereocenters. The summed E-state index contributed by atoms with van der Waals surface area (Å²) in [6.45, 7) is -0.550. The number of hydrogen-bond acceptors (Lipinski definition) is 4. The van der Waals surface area contributed by atoms with Crippen molar-refractivity contribution in [2.75, 3.05) is 38.3 Å². The Labute approximate surface area is 144 Å². The first-order valence-electron chi connectivity index (χ1n) is 8.00. The molecular weight excluding hydrogens is 331 g/mol. The molecule has 2 aliphatic rings. The molecule has 0 bridgehead atoms. The van der Waals surface area contributed by atoms with E-state index in [2.05, 4.69) is 0 Å². The number of carboxylic acids is 1. The van der Waals surface area contributed by atoms with E-state index < -0.39 is 18.1 Å². The average Bonchev–Trinajstić information content (AvgIpc) is 3.03. The van der Waals surface area contributed by atoms with Gasteiger partial charge in [0.05, 0.1) is 17.8 Å². The topological polar surface area (TPSA) is 87.2 Å². The van der Waals surface area contributed by atoms with E-state index in [0.717, 1.165) is 0 Å². The highest BCUT2D eigenvalue weighted by molar-refractivity contribution is 6.01. The third-order valence-corrected chi connectivity index (χ3v) is 4.96. The molecule has 1 aromatic carbocycles. The average molecular weight is 350 g/mol. The van der Waals surface area contributed by atoms with Crippen LogP contribution >= 0.6 is 0 Å². The number of hydrogen-bond donors (Lipinski definition) is 1. The van der Waals surface area contributed by atoms with Gasteiger partial charge in [0, 0.05) is 25.7 Å². The van der Waals surface area contributed by atoms with Crippen LogP contribution in [0.3, 0.4) is 0 Å². The molecule has 0 radical (unpaired) electrons. The number of benzene rings is 1. The number of rotatable bonds is 4. The molecule has 3 rings (SSSR count). The molecule has 2 amide bonds. The number of aliphatic carboxylic acids is 1. The molecule has 1 fully saturated rings. The van der Waals surface area contributed by atoms with Crippen molar-refractivity contribution >= 4 is 23.5 Å². The molecule has 134 valence electrons. The first-order valence-corrected chi connectivity index (χ1v) is 8.00. The molecular formula is C17H19FN2O5. The zero-order chi connectivity index (χ0) is 18.2. The van der Waals surface area contributed by atoms with Gasteiger partial charge in [-0.1, -0.05) is 0 Å². The summed E-state index contributed by atoms with van der Waals surface area (Å²) in [5.74, 6) is -1.12. The van der Waals surface area contributed by atoms with Gasteiger partial charge in [-0.05, 0) is 31.0 Å². The van der Waals surface area contributed by atoms with E-state index in [0.29, 0.717) is 17.0 Å². The minimum Gasteiger partial charge on any atom is -0.482 e. The predicted molar refractivity (Wildman–Crippen MR) is 86.5 cm³/mol. The molecule has 1 N–H and O–H groups in total. The summed E-state index contributed by atoms with van der Waals surface area (Å²) < 4.78 is 18.1. The number of likely N-dealkylation sites (N-methyl/N-ethyl adjacent to an activating group) is 1. The molecule has 0 aromatic heterocycles. The Kier molecular flexibility index (Phi) is 4.36. The zero-order valence-corrected chi connectivity index (χ0v) is 13.8. The van der Waals surface area contributed by atoms with Crippen molar-refractivity contribution in [3.8, 4) is 5.75 Å². The van der Waals surface area contributed by atoms with Crippen molar-refractivity contribution in [2.24, 2.45) is 5.41 Å². The number of anilines is 1. The lowest BCUT2D eigenvalue weighted by Crippen LogP contribution is -2.38. The Balaban J connectivity index is 1.83. The maximum atomic E-state index is 12.8. The van der Waals surface area contributed by atoms with Gasteiger partial charge in [0.15, 0.2) is 6.61 Å². The lowest BCUT2D eigenvalue weighted by atomic mass is 9.84. The number of alkyl halides is 1. The van der Waals surface area contributed by atoms with E-state index in [1.807, 2.05) is 0 Å². The van der Waals surface area contributed by atoms with Crippen molar-refractivity contribution in [3.05, 3.63) is 23.8 Å². The van der Waals surface area contributed by atoms with E-state index in [1.54, 1.807) is 25.2 Å². The monoisotopic (exact) mass is 350 g/mol. The van der Waals surface area contributed by atoms with Crippen LogP contribution in [0.5, 0.6) is 5.75 Å². The standard InChI is InChI=1S/C17H19FN2O5/c1-19-12-8-11(2-3-13(12)25-9-14(19)21)15(22)20-7-5-17(10-20,4-6-18)16(23)24/h2-3,8H,4-7,9-10H2,1H3,(H,23,24). The maximum Gasteiger partial charge on any atom is 0.311 e. The van der Waals surface area contributed by atoms with Gasteiger partial charge in [-0.15, -0.1) is 0 Å². The van der Waals surface area contributed by atoms with Gasteiger partial charge >= 0.3 is 5.97 Å². The summed E-state index contributed by atoms with van der Waals surface area (Å²) in [5.41, 5.74) is -0.394. The fraction of sp³-hybridized carbons (Fsp3) is 0.471. The van der Waals surface area contributed by atoms with E-state index in [1.165, 1.54) is 9.80 Å². The summed E-state index contributed by atoms with van der Waals surface area (Å²) in [6, 6.07) is 4.76. The summed E-state index contributed by atoms with van der Waals surface area (Å²) >= 11 is 0. The first kappa shape index (κ1) is 17.2. The zero-order valence-electron chi connectivity index (χ0n) is 13.8. The van der Waals surface area contributed by atoms with Crippen molar-refractivity contribution < 1.29 is 28.6 Å². The molecule has 1 unspecified atom stereocenters. The number of carbonyl (C=O) groups is 3. The number of fused-ring (bicyclic) bond motifs is 1. The Morgan fingerprint density at radius 1 is 1.40 bits per heavy atom. The molecule has 2 aliphatic heterocycles. The lowest BCUT2D eigenvalue weighted by molar-refractivity contribution is -0.148. The van der Waals surface area contributed by atoms with Crippen LogP contribution in [0.2, 0.25) is 0 Å². The van der Waals surface area contributed by atoms with Crippen LogP contribution in [0.15, 0.2) is 18.2 Å². The third-order valence-electron chi connectivity index (χ3n) is 4.96. The maximum absolute atomic E-state index is 12.8. The normalized spacial score (nSPS) is 22.6. The van der Waals surface area contributed by atoms with Crippen molar-refractivity contribution in [2.45, 2.75) is 12.8 Å². The van der Waals surface area contributed by atoms with Crippen molar-refractivity contribution in [3.63, 3.8) is 0 Å². The molecule has 1 aromatic rings. The predicted octanol–water partition coefficient (Wildman–Crippen LogP) is 1.32. The van der Waals surface area contributed by atoms with Crippen LogP contribution in [0.1, 0.15) is 23.2 Å². The Morgan fingerprint density at radius 2 is 2.16 bits per heavy atom. The van der Waals surface area contributed by atoms with Gasteiger partial charge in [0.1, 0.15) is 5.75 Å².